The lowest BCUT2D eigenvalue weighted by Gasteiger charge is -2.23. The van der Waals surface area contributed by atoms with E-state index in [0.29, 0.717) is 0 Å². The molecule has 1 aliphatic rings. The van der Waals surface area contributed by atoms with E-state index in [0.717, 1.165) is 24.3 Å². The number of aliphatic carboxylic acids is 1. The first-order valence-corrected chi connectivity index (χ1v) is 6.27. The normalized spacial score (nSPS) is 22.2. The van der Waals surface area contributed by atoms with Gasteiger partial charge in [-0.25, -0.2) is 9.59 Å². The van der Waals surface area contributed by atoms with Crippen molar-refractivity contribution in [3.63, 3.8) is 0 Å². The number of amides is 2. The van der Waals surface area contributed by atoms with Crippen LogP contribution >= 0.6 is 11.8 Å². The lowest BCUT2D eigenvalue weighted by atomic mass is 10.2. The predicted molar refractivity (Wildman–Crippen MR) is 60.5 cm³/mol. The molecular formula is C9H16N2O4S. The minimum atomic E-state index is -1.24. The molecule has 0 aromatic rings. The number of rotatable bonds is 4. The van der Waals surface area contributed by atoms with E-state index in [4.69, 9.17) is 10.2 Å². The van der Waals surface area contributed by atoms with E-state index in [1.165, 1.54) is 0 Å². The average Bonchev–Trinajstić information content (AvgIpc) is 2.27. The zero-order chi connectivity index (χ0) is 12.0. The van der Waals surface area contributed by atoms with Gasteiger partial charge in [-0.15, -0.1) is 0 Å². The van der Waals surface area contributed by atoms with Crippen LogP contribution in [0, 0.1) is 0 Å². The second-order valence-electron chi connectivity index (χ2n) is 3.61. The van der Waals surface area contributed by atoms with Gasteiger partial charge in [0.1, 0.15) is 0 Å². The third kappa shape index (κ3) is 4.28. The van der Waals surface area contributed by atoms with Gasteiger partial charge in [-0.05, 0) is 18.6 Å². The SMILES string of the molecule is O=C(NC1CCCSC1)N[C@H](CO)C(=O)O. The highest BCUT2D eigenvalue weighted by molar-refractivity contribution is 7.99. The number of hydrogen-bond donors (Lipinski definition) is 4. The van der Waals surface area contributed by atoms with Crippen molar-refractivity contribution in [3.8, 4) is 0 Å². The summed E-state index contributed by atoms with van der Waals surface area (Å²) in [5.41, 5.74) is 0. The molecule has 0 aromatic carbocycles. The molecule has 6 nitrogen and oxygen atoms in total. The zero-order valence-corrected chi connectivity index (χ0v) is 9.63. The van der Waals surface area contributed by atoms with Crippen molar-refractivity contribution in [2.24, 2.45) is 0 Å². The standard InChI is InChI=1S/C9H16N2O4S/c12-4-7(8(13)14)11-9(15)10-6-2-1-3-16-5-6/h6-7,12H,1-5H2,(H,13,14)(H2,10,11,15)/t6?,7-/m1/s1. The number of hydrogen-bond acceptors (Lipinski definition) is 4. The second-order valence-corrected chi connectivity index (χ2v) is 4.76. The van der Waals surface area contributed by atoms with Crippen LogP contribution in [0.25, 0.3) is 0 Å². The van der Waals surface area contributed by atoms with Gasteiger partial charge in [0, 0.05) is 11.8 Å². The maximum Gasteiger partial charge on any atom is 0.328 e. The Morgan fingerprint density at radius 1 is 1.50 bits per heavy atom. The van der Waals surface area contributed by atoms with Crippen LogP contribution in [0.15, 0.2) is 0 Å². The quantitative estimate of drug-likeness (QED) is 0.544. The number of urea groups is 1. The molecule has 7 heteroatoms. The number of carbonyl (C=O) groups excluding carboxylic acids is 1. The molecule has 1 fully saturated rings. The molecule has 1 unspecified atom stereocenters. The van der Waals surface area contributed by atoms with E-state index in [2.05, 4.69) is 10.6 Å². The zero-order valence-electron chi connectivity index (χ0n) is 8.81. The van der Waals surface area contributed by atoms with Crippen LogP contribution < -0.4 is 10.6 Å². The van der Waals surface area contributed by atoms with E-state index in [-0.39, 0.29) is 6.04 Å². The van der Waals surface area contributed by atoms with Crippen LogP contribution in [-0.4, -0.2) is 52.4 Å². The topological polar surface area (TPSA) is 98.7 Å². The Bertz CT molecular complexity index is 256. The van der Waals surface area contributed by atoms with E-state index >= 15 is 0 Å². The molecule has 1 rings (SSSR count). The van der Waals surface area contributed by atoms with Gasteiger partial charge in [0.05, 0.1) is 6.61 Å². The summed E-state index contributed by atoms with van der Waals surface area (Å²) in [5, 5.41) is 22.2. The van der Waals surface area contributed by atoms with Gasteiger partial charge >= 0.3 is 12.0 Å². The van der Waals surface area contributed by atoms with Crippen molar-refractivity contribution in [2.75, 3.05) is 18.1 Å². The Balaban J connectivity index is 2.31. The summed E-state index contributed by atoms with van der Waals surface area (Å²) in [6.07, 6.45) is 1.97. The maximum atomic E-state index is 11.4. The minimum absolute atomic E-state index is 0.0897. The molecule has 4 N–H and O–H groups in total. The van der Waals surface area contributed by atoms with Crippen LogP contribution in [0.4, 0.5) is 4.79 Å². The van der Waals surface area contributed by atoms with Crippen LogP contribution in [0.3, 0.4) is 0 Å². The number of aliphatic hydroxyl groups is 1. The lowest BCUT2D eigenvalue weighted by molar-refractivity contribution is -0.140. The molecule has 0 aliphatic carbocycles. The Morgan fingerprint density at radius 2 is 2.25 bits per heavy atom. The van der Waals surface area contributed by atoms with Gasteiger partial charge < -0.3 is 20.8 Å². The van der Waals surface area contributed by atoms with Crippen molar-refractivity contribution in [3.05, 3.63) is 0 Å². The highest BCUT2D eigenvalue weighted by Gasteiger charge is 2.21. The summed E-state index contributed by atoms with van der Waals surface area (Å²) in [5.74, 6) is 0.717. The van der Waals surface area contributed by atoms with E-state index in [9.17, 15) is 9.59 Å². The number of carboxylic acids is 1. The van der Waals surface area contributed by atoms with Gasteiger partial charge in [-0.1, -0.05) is 0 Å². The van der Waals surface area contributed by atoms with Gasteiger partial charge in [0.2, 0.25) is 0 Å². The first-order valence-electron chi connectivity index (χ1n) is 5.12. The Hall–Kier alpha value is -0.950. The summed E-state index contributed by atoms with van der Waals surface area (Å²) in [7, 11) is 0. The van der Waals surface area contributed by atoms with Gasteiger partial charge in [0.15, 0.2) is 6.04 Å². The number of nitrogens with one attached hydrogen (secondary N) is 2. The largest absolute Gasteiger partial charge is 0.480 e. The highest BCUT2D eigenvalue weighted by atomic mass is 32.2. The van der Waals surface area contributed by atoms with Crippen LogP contribution in [-0.2, 0) is 4.79 Å². The first-order chi connectivity index (χ1) is 7.63. The lowest BCUT2D eigenvalue weighted by Crippen LogP contribution is -2.51. The third-order valence-corrected chi connectivity index (χ3v) is 3.50. The summed E-state index contributed by atoms with van der Waals surface area (Å²) < 4.78 is 0. The molecule has 2 amide bonds. The summed E-state index contributed by atoms with van der Waals surface area (Å²) >= 11 is 1.77. The fourth-order valence-corrected chi connectivity index (χ4v) is 2.50. The Labute approximate surface area is 97.8 Å². The molecule has 1 saturated heterocycles. The fourth-order valence-electron chi connectivity index (χ4n) is 1.43. The van der Waals surface area contributed by atoms with Crippen molar-refractivity contribution in [1.29, 1.82) is 0 Å². The molecule has 0 bridgehead atoms. The summed E-state index contributed by atoms with van der Waals surface area (Å²) in [6.45, 7) is -0.609. The average molecular weight is 248 g/mol. The molecule has 2 atom stereocenters. The first kappa shape index (κ1) is 13.1. The number of thioether (sulfide) groups is 1. The maximum absolute atomic E-state index is 11.4. The molecule has 1 heterocycles. The molecule has 0 spiro atoms. The molecular weight excluding hydrogens is 232 g/mol. The van der Waals surface area contributed by atoms with E-state index in [1.54, 1.807) is 11.8 Å². The molecule has 16 heavy (non-hydrogen) atoms. The fraction of sp³-hybridized carbons (Fsp3) is 0.778. The van der Waals surface area contributed by atoms with Crippen molar-refractivity contribution in [1.82, 2.24) is 10.6 Å². The van der Waals surface area contributed by atoms with Crippen LogP contribution in [0.5, 0.6) is 0 Å². The highest BCUT2D eigenvalue weighted by Crippen LogP contribution is 2.16. The Kier molecular flexibility index (Phi) is 5.41. The van der Waals surface area contributed by atoms with Crippen LogP contribution in [0.1, 0.15) is 12.8 Å². The molecule has 0 aromatic heterocycles. The number of aliphatic hydroxyl groups excluding tert-OH is 1. The molecule has 0 saturated carbocycles. The van der Waals surface area contributed by atoms with Crippen molar-refractivity contribution < 1.29 is 19.8 Å². The molecule has 0 radical (unpaired) electrons. The van der Waals surface area contributed by atoms with Crippen molar-refractivity contribution >= 4 is 23.8 Å². The van der Waals surface area contributed by atoms with E-state index < -0.39 is 24.6 Å². The monoisotopic (exact) mass is 248 g/mol. The van der Waals surface area contributed by atoms with Gasteiger partial charge in [0.25, 0.3) is 0 Å². The Morgan fingerprint density at radius 3 is 2.75 bits per heavy atom. The smallest absolute Gasteiger partial charge is 0.328 e. The van der Waals surface area contributed by atoms with Gasteiger partial charge in [-0.2, -0.15) is 11.8 Å². The minimum Gasteiger partial charge on any atom is -0.480 e. The molecule has 92 valence electrons. The number of carboxylic acid groups (broad SMARTS) is 1. The van der Waals surface area contributed by atoms with Gasteiger partial charge in [-0.3, -0.25) is 0 Å². The van der Waals surface area contributed by atoms with Crippen LogP contribution in [0.2, 0.25) is 0 Å². The van der Waals surface area contributed by atoms with Crippen molar-refractivity contribution in [2.45, 2.75) is 24.9 Å². The third-order valence-electron chi connectivity index (χ3n) is 2.28. The number of carbonyl (C=O) groups is 2. The second kappa shape index (κ2) is 6.59. The summed E-state index contributed by atoms with van der Waals surface area (Å²) in [6, 6.07) is -1.68. The predicted octanol–water partition coefficient (Wildman–Crippen LogP) is -0.373. The summed E-state index contributed by atoms with van der Waals surface area (Å²) in [4.78, 5) is 21.9. The van der Waals surface area contributed by atoms with E-state index in [1.807, 2.05) is 0 Å². The molecule has 1 aliphatic heterocycles.